The number of benzene rings is 2. The molecule has 0 spiro atoms. The van der Waals surface area contributed by atoms with Crippen LogP contribution in [-0.4, -0.2) is 30.6 Å². The Kier molecular flexibility index (Phi) is 4.98. The lowest BCUT2D eigenvalue weighted by atomic mass is 9.92. The Labute approximate surface area is 153 Å². The van der Waals surface area contributed by atoms with Gasteiger partial charge in [0.15, 0.2) is 0 Å². The Morgan fingerprint density at radius 3 is 2.65 bits per heavy atom. The molecule has 0 radical (unpaired) electrons. The van der Waals surface area contributed by atoms with Crippen LogP contribution in [0.3, 0.4) is 0 Å². The summed E-state index contributed by atoms with van der Waals surface area (Å²) in [6.45, 7) is 4.38. The molecule has 136 valence electrons. The highest BCUT2D eigenvalue weighted by atomic mass is 19.1. The fraction of sp³-hybridized carbons (Fsp3) is 0.286. The minimum atomic E-state index is -0.303. The molecule has 0 aliphatic carbocycles. The standard InChI is InChI=1S/C21H23FN2O2/c1-4-23-21(26)18-12-15-8-5-13(2)24(3)19(15)17(20(18)25)11-14-6-9-16(22)10-7-14/h5-10,12-13,25H,4,11H2,1-3H3,(H,23,26). The molecule has 1 aliphatic rings. The van der Waals surface area contributed by atoms with Crippen LogP contribution in [0.25, 0.3) is 6.08 Å². The van der Waals surface area contributed by atoms with Gasteiger partial charge in [-0.25, -0.2) is 4.39 Å². The van der Waals surface area contributed by atoms with Crippen molar-refractivity contribution in [3.05, 3.63) is 64.5 Å². The molecule has 1 aliphatic heterocycles. The van der Waals surface area contributed by atoms with Crippen LogP contribution in [0.4, 0.5) is 10.1 Å². The van der Waals surface area contributed by atoms with E-state index in [1.165, 1.54) is 12.1 Å². The molecule has 0 aromatic heterocycles. The zero-order chi connectivity index (χ0) is 18.8. The fourth-order valence-electron chi connectivity index (χ4n) is 3.26. The van der Waals surface area contributed by atoms with Gasteiger partial charge < -0.3 is 15.3 Å². The predicted octanol–water partition coefficient (Wildman–Crippen LogP) is 3.72. The van der Waals surface area contributed by atoms with Gasteiger partial charge in [0.1, 0.15) is 11.6 Å². The van der Waals surface area contributed by atoms with E-state index in [1.54, 1.807) is 18.2 Å². The van der Waals surface area contributed by atoms with Crippen molar-refractivity contribution in [1.82, 2.24) is 5.32 Å². The predicted molar refractivity (Wildman–Crippen MR) is 102 cm³/mol. The summed E-state index contributed by atoms with van der Waals surface area (Å²) in [7, 11) is 1.96. The summed E-state index contributed by atoms with van der Waals surface area (Å²) in [6.07, 6.45) is 4.45. The first-order chi connectivity index (χ1) is 12.4. The zero-order valence-electron chi connectivity index (χ0n) is 15.2. The Hall–Kier alpha value is -2.82. The number of phenolic OH excluding ortho intramolecular Hbond substituents is 1. The average Bonchev–Trinajstić information content (AvgIpc) is 2.62. The summed E-state index contributed by atoms with van der Waals surface area (Å²) in [6, 6.07) is 8.09. The summed E-state index contributed by atoms with van der Waals surface area (Å²) in [5.41, 5.74) is 3.59. The number of nitrogens with one attached hydrogen (secondary N) is 1. The fourth-order valence-corrected chi connectivity index (χ4v) is 3.26. The molecule has 0 saturated carbocycles. The third kappa shape index (κ3) is 3.29. The number of amides is 1. The number of phenols is 1. The highest BCUT2D eigenvalue weighted by Crippen LogP contribution is 2.40. The smallest absolute Gasteiger partial charge is 0.255 e. The van der Waals surface area contributed by atoms with Gasteiger partial charge in [-0.3, -0.25) is 4.79 Å². The normalized spacial score (nSPS) is 15.7. The largest absolute Gasteiger partial charge is 0.507 e. The molecule has 1 unspecified atom stereocenters. The SMILES string of the molecule is CCNC(=O)c1cc2c(c(Cc3ccc(F)cc3)c1O)N(C)C(C)C=C2. The molecule has 0 saturated heterocycles. The van der Waals surface area contributed by atoms with Gasteiger partial charge in [-0.15, -0.1) is 0 Å². The first kappa shape index (κ1) is 18.0. The lowest BCUT2D eigenvalue weighted by Crippen LogP contribution is -2.31. The van der Waals surface area contributed by atoms with E-state index in [2.05, 4.69) is 23.2 Å². The molecule has 1 atom stereocenters. The van der Waals surface area contributed by atoms with Gasteiger partial charge in [0.2, 0.25) is 0 Å². The third-order valence-electron chi connectivity index (χ3n) is 4.79. The number of fused-ring (bicyclic) bond motifs is 1. The Morgan fingerprint density at radius 1 is 1.31 bits per heavy atom. The van der Waals surface area contributed by atoms with Crippen LogP contribution >= 0.6 is 0 Å². The summed E-state index contributed by atoms with van der Waals surface area (Å²) < 4.78 is 13.2. The lowest BCUT2D eigenvalue weighted by molar-refractivity contribution is 0.0953. The number of hydrogen-bond acceptors (Lipinski definition) is 3. The maximum Gasteiger partial charge on any atom is 0.255 e. The summed E-state index contributed by atoms with van der Waals surface area (Å²) in [5, 5.41) is 13.6. The van der Waals surface area contributed by atoms with Crippen LogP contribution in [0.5, 0.6) is 5.75 Å². The minimum Gasteiger partial charge on any atom is -0.507 e. The van der Waals surface area contributed by atoms with Gasteiger partial charge in [-0.2, -0.15) is 0 Å². The highest BCUT2D eigenvalue weighted by Gasteiger charge is 2.26. The topological polar surface area (TPSA) is 52.6 Å². The van der Waals surface area contributed by atoms with E-state index >= 15 is 0 Å². The van der Waals surface area contributed by atoms with E-state index in [0.717, 1.165) is 16.8 Å². The van der Waals surface area contributed by atoms with Crippen molar-refractivity contribution in [2.45, 2.75) is 26.3 Å². The van der Waals surface area contributed by atoms with Crippen LogP contribution in [0.15, 0.2) is 36.4 Å². The minimum absolute atomic E-state index is 0.0200. The van der Waals surface area contributed by atoms with Crippen molar-refractivity contribution in [2.75, 3.05) is 18.5 Å². The number of rotatable bonds is 4. The van der Waals surface area contributed by atoms with Crippen LogP contribution in [0.2, 0.25) is 0 Å². The van der Waals surface area contributed by atoms with Gasteiger partial charge in [0.25, 0.3) is 5.91 Å². The van der Waals surface area contributed by atoms with Gasteiger partial charge in [0, 0.05) is 31.6 Å². The number of likely N-dealkylation sites (N-methyl/N-ethyl adjacent to an activating group) is 1. The average molecular weight is 354 g/mol. The maximum atomic E-state index is 13.2. The van der Waals surface area contributed by atoms with Gasteiger partial charge in [-0.1, -0.05) is 24.3 Å². The molecule has 1 amide bonds. The number of nitrogens with zero attached hydrogens (tertiary/aromatic N) is 1. The highest BCUT2D eigenvalue weighted by molar-refractivity contribution is 5.99. The molecule has 1 heterocycles. The number of aromatic hydroxyl groups is 1. The monoisotopic (exact) mass is 354 g/mol. The number of anilines is 1. The van der Waals surface area contributed by atoms with E-state index in [0.29, 0.717) is 18.5 Å². The summed E-state index contributed by atoms with van der Waals surface area (Å²) >= 11 is 0. The van der Waals surface area contributed by atoms with Crippen LogP contribution in [-0.2, 0) is 6.42 Å². The molecule has 2 aromatic rings. The third-order valence-corrected chi connectivity index (χ3v) is 4.79. The van der Waals surface area contributed by atoms with E-state index < -0.39 is 0 Å². The zero-order valence-corrected chi connectivity index (χ0v) is 15.2. The molecule has 2 N–H and O–H groups in total. The number of carbonyl (C=O) groups is 1. The molecular weight excluding hydrogens is 331 g/mol. The van der Waals surface area contributed by atoms with Crippen molar-refractivity contribution < 1.29 is 14.3 Å². The van der Waals surface area contributed by atoms with Gasteiger partial charge >= 0.3 is 0 Å². The van der Waals surface area contributed by atoms with Crippen molar-refractivity contribution >= 4 is 17.7 Å². The maximum absolute atomic E-state index is 13.2. The molecule has 26 heavy (non-hydrogen) atoms. The summed E-state index contributed by atoms with van der Waals surface area (Å²) in [4.78, 5) is 14.5. The second-order valence-electron chi connectivity index (χ2n) is 6.56. The van der Waals surface area contributed by atoms with Crippen molar-refractivity contribution in [3.63, 3.8) is 0 Å². The number of halogens is 1. The van der Waals surface area contributed by atoms with E-state index in [9.17, 15) is 14.3 Å². The van der Waals surface area contributed by atoms with Crippen molar-refractivity contribution in [2.24, 2.45) is 0 Å². The molecule has 3 rings (SSSR count). The second-order valence-corrected chi connectivity index (χ2v) is 6.56. The molecule has 2 aromatic carbocycles. The van der Waals surface area contributed by atoms with Gasteiger partial charge in [-0.05, 0) is 43.2 Å². The van der Waals surface area contributed by atoms with E-state index in [-0.39, 0.29) is 29.1 Å². The van der Waals surface area contributed by atoms with Crippen LogP contribution in [0.1, 0.15) is 40.9 Å². The number of carbonyl (C=O) groups excluding carboxylic acids is 1. The molecule has 5 heteroatoms. The molecular formula is C21H23FN2O2. The lowest BCUT2D eigenvalue weighted by Gasteiger charge is -2.33. The Balaban J connectivity index is 2.15. The van der Waals surface area contributed by atoms with Gasteiger partial charge in [0.05, 0.1) is 11.3 Å². The first-order valence-corrected chi connectivity index (χ1v) is 8.74. The van der Waals surface area contributed by atoms with E-state index in [4.69, 9.17) is 0 Å². The van der Waals surface area contributed by atoms with Crippen molar-refractivity contribution in [3.8, 4) is 5.75 Å². The molecule has 0 bridgehead atoms. The first-order valence-electron chi connectivity index (χ1n) is 8.74. The quantitative estimate of drug-likeness (QED) is 0.880. The Morgan fingerprint density at radius 2 is 2.00 bits per heavy atom. The second kappa shape index (κ2) is 7.20. The molecule has 0 fully saturated rings. The van der Waals surface area contributed by atoms with Crippen molar-refractivity contribution in [1.29, 1.82) is 0 Å². The summed E-state index contributed by atoms with van der Waals surface area (Å²) in [5.74, 6) is -0.624. The molecule has 4 nitrogen and oxygen atoms in total. The Bertz CT molecular complexity index is 859. The van der Waals surface area contributed by atoms with E-state index in [1.807, 2.05) is 20.0 Å². The number of hydrogen-bond donors (Lipinski definition) is 2. The van der Waals surface area contributed by atoms with Crippen LogP contribution in [0, 0.1) is 5.82 Å². The van der Waals surface area contributed by atoms with Crippen LogP contribution < -0.4 is 10.2 Å².